The largest absolute Gasteiger partial charge is 0.490 e. The van der Waals surface area contributed by atoms with Crippen molar-refractivity contribution in [1.82, 2.24) is 4.31 Å². The van der Waals surface area contributed by atoms with E-state index in [9.17, 15) is 13.2 Å². The van der Waals surface area contributed by atoms with E-state index in [1.165, 1.54) is 32.3 Å². The van der Waals surface area contributed by atoms with Crippen LogP contribution in [-0.4, -0.2) is 46.0 Å². The predicted octanol–water partition coefficient (Wildman–Crippen LogP) is 3.13. The lowest BCUT2D eigenvalue weighted by molar-refractivity contribution is 0.0450. The van der Waals surface area contributed by atoms with Crippen LogP contribution in [0.3, 0.4) is 0 Å². The van der Waals surface area contributed by atoms with Crippen LogP contribution in [0.4, 0.5) is 0 Å². The third kappa shape index (κ3) is 4.97. The van der Waals surface area contributed by atoms with Crippen LogP contribution in [0.15, 0.2) is 47.4 Å². The van der Waals surface area contributed by atoms with Gasteiger partial charge in [-0.3, -0.25) is 0 Å². The summed E-state index contributed by atoms with van der Waals surface area (Å²) in [7, 11) is -0.984. The van der Waals surface area contributed by atoms with Gasteiger partial charge in [-0.15, -0.1) is 0 Å². The van der Waals surface area contributed by atoms with Gasteiger partial charge in [-0.25, -0.2) is 17.5 Å². The number of esters is 1. The molecule has 0 N–H and O–H groups in total. The molecule has 0 radical (unpaired) electrons. The van der Waals surface area contributed by atoms with Crippen molar-refractivity contribution in [3.63, 3.8) is 0 Å². The number of carbonyl (C=O) groups excluding carboxylic acids is 1. The highest BCUT2D eigenvalue weighted by Crippen LogP contribution is 2.25. The molecule has 0 fully saturated rings. The summed E-state index contributed by atoms with van der Waals surface area (Å²) in [5, 5.41) is 0.0398. The van der Waals surface area contributed by atoms with Crippen molar-refractivity contribution in [2.24, 2.45) is 0 Å². The number of carbonyl (C=O) groups is 1. The molecule has 0 aromatic heterocycles. The molecule has 0 atom stereocenters. The molecule has 0 heterocycles. The Morgan fingerprint density at radius 3 is 2.50 bits per heavy atom. The number of benzene rings is 2. The highest BCUT2D eigenvalue weighted by Gasteiger charge is 2.22. The lowest BCUT2D eigenvalue weighted by Gasteiger charge is -2.13. The molecule has 8 heteroatoms. The summed E-state index contributed by atoms with van der Waals surface area (Å²) in [6, 6.07) is 11.5. The Hall–Kier alpha value is -2.09. The molecule has 6 nitrogen and oxygen atoms in total. The highest BCUT2D eigenvalue weighted by molar-refractivity contribution is 7.89. The normalized spacial score (nSPS) is 11.4. The molecule has 0 aliphatic rings. The van der Waals surface area contributed by atoms with Crippen molar-refractivity contribution in [1.29, 1.82) is 0 Å². The SMILES string of the molecule is Cc1cccc(OCCOC(=O)c2ccc(Cl)c(S(=O)(=O)N(C)C)c2)c1. The van der Waals surface area contributed by atoms with Crippen molar-refractivity contribution < 1.29 is 22.7 Å². The van der Waals surface area contributed by atoms with E-state index in [1.807, 2.05) is 31.2 Å². The van der Waals surface area contributed by atoms with Crippen LogP contribution in [0, 0.1) is 6.92 Å². The van der Waals surface area contributed by atoms with Gasteiger partial charge in [-0.1, -0.05) is 23.7 Å². The molecule has 0 aliphatic heterocycles. The molecule has 0 saturated heterocycles. The molecule has 0 bridgehead atoms. The van der Waals surface area contributed by atoms with Crippen molar-refractivity contribution in [2.75, 3.05) is 27.3 Å². The Bertz CT molecular complexity index is 896. The molecule has 0 aliphatic carbocycles. The minimum atomic E-state index is -3.76. The average molecular weight is 398 g/mol. The Balaban J connectivity index is 1.99. The van der Waals surface area contributed by atoms with E-state index >= 15 is 0 Å². The zero-order valence-corrected chi connectivity index (χ0v) is 16.3. The Morgan fingerprint density at radius 1 is 1.12 bits per heavy atom. The minimum absolute atomic E-state index is 0.0329. The molecule has 0 spiro atoms. The summed E-state index contributed by atoms with van der Waals surface area (Å²) in [4.78, 5) is 12.0. The number of halogens is 1. The molecule has 26 heavy (non-hydrogen) atoms. The molecular weight excluding hydrogens is 378 g/mol. The molecule has 2 aromatic carbocycles. The van der Waals surface area contributed by atoms with Gasteiger partial charge in [0.15, 0.2) is 0 Å². The van der Waals surface area contributed by atoms with Crippen LogP contribution in [0.1, 0.15) is 15.9 Å². The van der Waals surface area contributed by atoms with E-state index < -0.39 is 16.0 Å². The fourth-order valence-corrected chi connectivity index (χ4v) is 3.50. The van der Waals surface area contributed by atoms with Gasteiger partial charge in [-0.2, -0.15) is 0 Å². The summed E-state index contributed by atoms with van der Waals surface area (Å²) in [5.74, 6) is 0.0385. The maximum absolute atomic E-state index is 12.2. The Labute approximate surface area is 158 Å². The van der Waals surface area contributed by atoms with E-state index in [2.05, 4.69) is 0 Å². The number of aryl methyl sites for hydroxylation is 1. The van der Waals surface area contributed by atoms with Gasteiger partial charge in [-0.05, 0) is 42.8 Å². The number of ether oxygens (including phenoxy) is 2. The standard InChI is InChI=1S/C18H20ClNO5S/c1-13-5-4-6-15(11-13)24-9-10-25-18(21)14-7-8-16(19)17(12-14)26(22,23)20(2)3/h4-8,11-12H,9-10H2,1-3H3. The first-order chi connectivity index (χ1) is 12.2. The number of hydrogen-bond acceptors (Lipinski definition) is 5. The second-order valence-corrected chi connectivity index (χ2v) is 8.26. The van der Waals surface area contributed by atoms with Crippen LogP contribution in [0.25, 0.3) is 0 Å². The molecular formula is C18H20ClNO5S. The van der Waals surface area contributed by atoms with E-state index in [1.54, 1.807) is 0 Å². The molecule has 2 rings (SSSR count). The van der Waals surface area contributed by atoms with E-state index in [0.717, 1.165) is 9.87 Å². The molecule has 140 valence electrons. The highest BCUT2D eigenvalue weighted by atomic mass is 35.5. The van der Waals surface area contributed by atoms with Crippen LogP contribution >= 0.6 is 11.6 Å². The molecule has 0 saturated carbocycles. The Morgan fingerprint density at radius 2 is 1.85 bits per heavy atom. The van der Waals surface area contributed by atoms with E-state index in [0.29, 0.717) is 5.75 Å². The van der Waals surface area contributed by atoms with Crippen LogP contribution in [0.2, 0.25) is 5.02 Å². The van der Waals surface area contributed by atoms with Crippen molar-refractivity contribution >= 4 is 27.6 Å². The fourth-order valence-electron chi connectivity index (χ4n) is 2.11. The summed E-state index contributed by atoms with van der Waals surface area (Å²) in [6.07, 6.45) is 0. The van der Waals surface area contributed by atoms with Gasteiger partial charge in [0.2, 0.25) is 10.0 Å². The van der Waals surface area contributed by atoms with Crippen molar-refractivity contribution in [3.8, 4) is 5.75 Å². The van der Waals surface area contributed by atoms with Gasteiger partial charge >= 0.3 is 5.97 Å². The smallest absolute Gasteiger partial charge is 0.338 e. The third-order valence-corrected chi connectivity index (χ3v) is 5.80. The van der Waals surface area contributed by atoms with Gasteiger partial charge < -0.3 is 9.47 Å². The second-order valence-electron chi connectivity index (χ2n) is 5.73. The third-order valence-electron chi connectivity index (χ3n) is 3.50. The van der Waals surface area contributed by atoms with Crippen molar-refractivity contribution in [2.45, 2.75) is 11.8 Å². The number of sulfonamides is 1. The topological polar surface area (TPSA) is 72.9 Å². The second kappa shape index (κ2) is 8.53. The summed E-state index contributed by atoms with van der Waals surface area (Å²) < 4.78 is 36.1. The number of rotatable bonds is 7. The van der Waals surface area contributed by atoms with Gasteiger partial charge in [0.1, 0.15) is 23.9 Å². The first kappa shape index (κ1) is 20.2. The maximum Gasteiger partial charge on any atom is 0.338 e. The quantitative estimate of drug-likeness (QED) is 0.530. The van der Waals surface area contributed by atoms with Gasteiger partial charge in [0.25, 0.3) is 0 Å². The van der Waals surface area contributed by atoms with E-state index in [4.69, 9.17) is 21.1 Å². The molecule has 2 aromatic rings. The maximum atomic E-state index is 12.2. The van der Waals surface area contributed by atoms with Crippen LogP contribution in [0.5, 0.6) is 5.75 Å². The van der Waals surface area contributed by atoms with Crippen LogP contribution < -0.4 is 4.74 Å². The summed E-state index contributed by atoms with van der Waals surface area (Å²) in [5.41, 5.74) is 1.17. The first-order valence-electron chi connectivity index (χ1n) is 7.80. The number of hydrogen-bond donors (Lipinski definition) is 0. The van der Waals surface area contributed by atoms with Crippen LogP contribution in [-0.2, 0) is 14.8 Å². The summed E-state index contributed by atoms with van der Waals surface area (Å²) >= 11 is 5.96. The predicted molar refractivity (Wildman–Crippen MR) is 99.3 cm³/mol. The molecule has 0 amide bonds. The summed E-state index contributed by atoms with van der Waals surface area (Å²) in [6.45, 7) is 2.17. The van der Waals surface area contributed by atoms with Gasteiger partial charge in [0, 0.05) is 14.1 Å². The zero-order valence-electron chi connectivity index (χ0n) is 14.7. The first-order valence-corrected chi connectivity index (χ1v) is 9.62. The lowest BCUT2D eigenvalue weighted by Crippen LogP contribution is -2.23. The zero-order chi connectivity index (χ0) is 19.3. The Kier molecular flexibility index (Phi) is 6.63. The molecule has 0 unspecified atom stereocenters. The fraction of sp³-hybridized carbons (Fsp3) is 0.278. The average Bonchev–Trinajstić information content (AvgIpc) is 2.58. The van der Waals surface area contributed by atoms with Gasteiger partial charge in [0.05, 0.1) is 10.6 Å². The lowest BCUT2D eigenvalue weighted by atomic mass is 10.2. The minimum Gasteiger partial charge on any atom is -0.490 e. The number of nitrogens with zero attached hydrogens (tertiary/aromatic N) is 1. The van der Waals surface area contributed by atoms with Crippen molar-refractivity contribution in [3.05, 3.63) is 58.6 Å². The monoisotopic (exact) mass is 397 g/mol. The van der Waals surface area contributed by atoms with E-state index in [-0.39, 0.29) is 28.7 Å².